The Morgan fingerprint density at radius 3 is 2.92 bits per heavy atom. The Bertz CT molecular complexity index is 955. The van der Waals surface area contributed by atoms with Gasteiger partial charge in [0.05, 0.1) is 10.9 Å². The highest BCUT2D eigenvalue weighted by atomic mass is 32.2. The van der Waals surface area contributed by atoms with Crippen molar-refractivity contribution in [2.24, 2.45) is 0 Å². The Labute approximate surface area is 155 Å². The third-order valence-electron chi connectivity index (χ3n) is 4.48. The summed E-state index contributed by atoms with van der Waals surface area (Å²) < 4.78 is 15.3. The average molecular weight is 367 g/mol. The fraction of sp³-hybridized carbons (Fsp3) is 0.200. The maximum atomic E-state index is 13.5. The molecule has 132 valence electrons. The molecule has 0 bridgehead atoms. The van der Waals surface area contributed by atoms with E-state index in [0.29, 0.717) is 17.4 Å². The molecule has 1 aliphatic heterocycles. The molecule has 2 aromatic carbocycles. The lowest BCUT2D eigenvalue weighted by atomic mass is 10.2. The maximum absolute atomic E-state index is 13.5. The van der Waals surface area contributed by atoms with Crippen LogP contribution in [0.2, 0.25) is 0 Å². The quantitative estimate of drug-likeness (QED) is 0.652. The number of hydrogen-bond acceptors (Lipinski definition) is 3. The summed E-state index contributed by atoms with van der Waals surface area (Å²) in [7, 11) is 0. The van der Waals surface area contributed by atoms with Crippen molar-refractivity contribution >= 4 is 23.4 Å². The van der Waals surface area contributed by atoms with Crippen LogP contribution in [0, 0.1) is 5.82 Å². The lowest BCUT2D eigenvalue weighted by molar-refractivity contribution is -0.117. The van der Waals surface area contributed by atoms with E-state index < -0.39 is 0 Å². The van der Waals surface area contributed by atoms with Gasteiger partial charge in [-0.15, -0.1) is 0 Å². The molecule has 3 aromatic rings. The zero-order valence-electron chi connectivity index (χ0n) is 14.3. The number of benzene rings is 2. The topological polar surface area (TPSA) is 38.1 Å². The van der Waals surface area contributed by atoms with E-state index in [4.69, 9.17) is 0 Å². The van der Waals surface area contributed by atoms with Crippen molar-refractivity contribution in [1.29, 1.82) is 0 Å². The highest BCUT2D eigenvalue weighted by Gasteiger charge is 2.29. The molecule has 4 nitrogen and oxygen atoms in total. The Hall–Kier alpha value is -2.60. The molecule has 0 saturated carbocycles. The van der Waals surface area contributed by atoms with Gasteiger partial charge in [-0.2, -0.15) is 0 Å². The molecule has 0 radical (unpaired) electrons. The summed E-state index contributed by atoms with van der Waals surface area (Å²) in [5, 5.41) is 0.375. The fourth-order valence-electron chi connectivity index (χ4n) is 3.19. The molecule has 6 heteroatoms. The minimum atomic E-state index is -0.301. The van der Waals surface area contributed by atoms with Crippen molar-refractivity contribution in [1.82, 2.24) is 9.55 Å². The number of rotatable bonds is 4. The zero-order chi connectivity index (χ0) is 18.1. The van der Waals surface area contributed by atoms with Gasteiger partial charge in [0.1, 0.15) is 5.82 Å². The van der Waals surface area contributed by atoms with E-state index in [2.05, 4.69) is 11.1 Å². The molecule has 0 aliphatic carbocycles. The van der Waals surface area contributed by atoms with E-state index >= 15 is 0 Å². The van der Waals surface area contributed by atoms with Crippen LogP contribution in [0.4, 0.5) is 10.1 Å². The molecule has 0 fully saturated rings. The van der Waals surface area contributed by atoms with E-state index in [0.717, 1.165) is 12.1 Å². The van der Waals surface area contributed by atoms with Crippen molar-refractivity contribution in [2.45, 2.75) is 23.8 Å². The minimum Gasteiger partial charge on any atom is -0.311 e. The predicted octanol–water partition coefficient (Wildman–Crippen LogP) is 4.08. The SMILES string of the molecule is C[C@@H](Sc1nccn1-c1cccc(F)c1)C(=O)N1CCc2ccccc21. The number of para-hydroxylation sites is 1. The second-order valence-electron chi connectivity index (χ2n) is 6.19. The van der Waals surface area contributed by atoms with Gasteiger partial charge in [-0.1, -0.05) is 36.0 Å². The van der Waals surface area contributed by atoms with E-state index in [9.17, 15) is 9.18 Å². The number of imidazole rings is 1. The Kier molecular flexibility index (Phi) is 4.51. The van der Waals surface area contributed by atoms with Crippen molar-refractivity contribution in [2.75, 3.05) is 11.4 Å². The zero-order valence-corrected chi connectivity index (χ0v) is 15.1. The number of carbonyl (C=O) groups excluding carboxylic acids is 1. The van der Waals surface area contributed by atoms with Gasteiger partial charge < -0.3 is 4.90 Å². The van der Waals surface area contributed by atoms with Crippen LogP contribution in [0.15, 0.2) is 66.1 Å². The summed E-state index contributed by atoms with van der Waals surface area (Å²) in [6, 6.07) is 14.4. The molecule has 26 heavy (non-hydrogen) atoms. The van der Waals surface area contributed by atoms with Crippen LogP contribution in [-0.4, -0.2) is 27.3 Å². The van der Waals surface area contributed by atoms with E-state index in [1.807, 2.05) is 36.1 Å². The van der Waals surface area contributed by atoms with Crippen LogP contribution >= 0.6 is 11.8 Å². The number of amides is 1. The standard InChI is InChI=1S/C20H18FN3OS/c1-14(19(25)24-11-9-15-5-2-3-8-18(15)24)26-20-22-10-12-23(20)17-7-4-6-16(21)13-17/h2-8,10,12-14H,9,11H2,1H3/t14-/m1/s1. The molecule has 1 aromatic heterocycles. The molecule has 1 amide bonds. The van der Waals surface area contributed by atoms with Crippen LogP contribution < -0.4 is 4.90 Å². The highest BCUT2D eigenvalue weighted by molar-refractivity contribution is 8.00. The summed E-state index contributed by atoms with van der Waals surface area (Å²) in [6.45, 7) is 2.60. The van der Waals surface area contributed by atoms with Gasteiger partial charge in [0.2, 0.25) is 5.91 Å². The second kappa shape index (κ2) is 6.96. The van der Waals surface area contributed by atoms with Gasteiger partial charge in [0.25, 0.3) is 0 Å². The first-order valence-corrected chi connectivity index (χ1v) is 9.36. The number of fused-ring (bicyclic) bond motifs is 1. The summed E-state index contributed by atoms with van der Waals surface area (Å²) in [4.78, 5) is 19.1. The normalized spacial score (nSPS) is 14.3. The van der Waals surface area contributed by atoms with Gasteiger partial charge in [-0.05, 0) is 43.2 Å². The van der Waals surface area contributed by atoms with Gasteiger partial charge in [0, 0.05) is 24.6 Å². The smallest absolute Gasteiger partial charge is 0.240 e. The number of hydrogen-bond donors (Lipinski definition) is 0. The van der Waals surface area contributed by atoms with E-state index in [1.54, 1.807) is 23.0 Å². The third-order valence-corrected chi connectivity index (χ3v) is 5.54. The Morgan fingerprint density at radius 1 is 1.23 bits per heavy atom. The van der Waals surface area contributed by atoms with Crippen LogP contribution in [0.25, 0.3) is 5.69 Å². The average Bonchev–Trinajstić information content (AvgIpc) is 3.28. The molecule has 0 spiro atoms. The van der Waals surface area contributed by atoms with Crippen LogP contribution in [0.1, 0.15) is 12.5 Å². The van der Waals surface area contributed by atoms with Gasteiger partial charge in [-0.3, -0.25) is 9.36 Å². The molecular formula is C20H18FN3OS. The number of carbonyl (C=O) groups is 1. The molecule has 1 atom stereocenters. The lowest BCUT2D eigenvalue weighted by Gasteiger charge is -2.21. The van der Waals surface area contributed by atoms with Gasteiger partial charge in [-0.25, -0.2) is 9.37 Å². The first-order chi connectivity index (χ1) is 12.6. The first kappa shape index (κ1) is 16.8. The third kappa shape index (κ3) is 3.12. The predicted molar refractivity (Wildman–Crippen MR) is 101 cm³/mol. The largest absolute Gasteiger partial charge is 0.311 e. The van der Waals surface area contributed by atoms with Crippen LogP contribution in [0.5, 0.6) is 0 Å². The molecule has 2 heterocycles. The van der Waals surface area contributed by atoms with E-state index in [-0.39, 0.29) is 17.0 Å². The Morgan fingerprint density at radius 2 is 2.08 bits per heavy atom. The monoisotopic (exact) mass is 367 g/mol. The van der Waals surface area contributed by atoms with Crippen LogP contribution in [-0.2, 0) is 11.2 Å². The van der Waals surface area contributed by atoms with Crippen molar-refractivity contribution in [3.05, 3.63) is 72.3 Å². The lowest BCUT2D eigenvalue weighted by Crippen LogP contribution is -2.35. The number of aromatic nitrogens is 2. The highest BCUT2D eigenvalue weighted by Crippen LogP contribution is 2.31. The molecule has 0 saturated heterocycles. The molecule has 0 N–H and O–H groups in total. The minimum absolute atomic E-state index is 0.0637. The number of nitrogens with zero attached hydrogens (tertiary/aromatic N) is 3. The molecular weight excluding hydrogens is 349 g/mol. The summed E-state index contributed by atoms with van der Waals surface area (Å²) >= 11 is 1.39. The molecule has 0 unspecified atom stereocenters. The first-order valence-electron chi connectivity index (χ1n) is 8.49. The van der Waals surface area contributed by atoms with E-state index in [1.165, 1.54) is 29.5 Å². The van der Waals surface area contributed by atoms with Crippen molar-refractivity contribution < 1.29 is 9.18 Å². The molecule has 4 rings (SSSR count). The van der Waals surface area contributed by atoms with Crippen molar-refractivity contribution in [3.8, 4) is 5.69 Å². The van der Waals surface area contributed by atoms with Crippen LogP contribution in [0.3, 0.4) is 0 Å². The number of halogens is 1. The second-order valence-corrected chi connectivity index (χ2v) is 7.50. The summed E-state index contributed by atoms with van der Waals surface area (Å²) in [5.74, 6) is -0.237. The van der Waals surface area contributed by atoms with Gasteiger partial charge in [0.15, 0.2) is 5.16 Å². The molecule has 1 aliphatic rings. The summed E-state index contributed by atoms with van der Waals surface area (Å²) in [5.41, 5.74) is 2.90. The van der Waals surface area contributed by atoms with Crippen molar-refractivity contribution in [3.63, 3.8) is 0 Å². The number of thioether (sulfide) groups is 1. The van der Waals surface area contributed by atoms with Gasteiger partial charge >= 0.3 is 0 Å². The number of anilines is 1. The maximum Gasteiger partial charge on any atom is 0.240 e. The summed E-state index contributed by atoms with van der Waals surface area (Å²) in [6.07, 6.45) is 4.33. The fourth-order valence-corrected chi connectivity index (χ4v) is 4.14. The Balaban J connectivity index is 1.54.